The fourth-order valence-corrected chi connectivity index (χ4v) is 10.3. The molecule has 1 aromatic heterocycles. The summed E-state index contributed by atoms with van der Waals surface area (Å²) in [6.07, 6.45) is -1.78. The minimum atomic E-state index is -2.90. The molecule has 2 aliphatic heterocycles. The lowest BCUT2D eigenvalue weighted by molar-refractivity contribution is -0.216. The SMILES string of the molecule is C[C@H]1O[C@H]2[C@H](n3ccc(=O)[nH]c3=O)O[C@]1(CO[Si](c1ccccc1)(c1ccccc1)C(C)(C)C)[C@H]2O. The smallest absolute Gasteiger partial charge is 0.330 e. The summed E-state index contributed by atoms with van der Waals surface area (Å²) in [5, 5.41) is 13.3. The standard InChI is InChI=1S/C27H32N2O6Si/c1-18-27(23(31)22(34-18)24(35-27)29-16-15-21(30)28-25(29)32)17-33-36(26(2,3)4,19-11-7-5-8-12-19)20-13-9-6-10-14-20/h5-16,18,22-24,31H,17H2,1-4H3,(H,28,30,32)/t18-,22-,23+,24-,27+/m1/s1. The fraction of sp³-hybridized carbons (Fsp3) is 0.407. The molecule has 2 saturated heterocycles. The lowest BCUT2D eigenvalue weighted by atomic mass is 9.94. The number of benzene rings is 2. The normalized spacial score (nSPS) is 27.9. The topological polar surface area (TPSA) is 103 Å². The van der Waals surface area contributed by atoms with Crippen molar-refractivity contribution in [3.8, 4) is 0 Å². The van der Waals surface area contributed by atoms with Gasteiger partial charge in [0.1, 0.15) is 17.8 Å². The van der Waals surface area contributed by atoms with Gasteiger partial charge in [-0.1, -0.05) is 81.4 Å². The number of aromatic amines is 1. The van der Waals surface area contributed by atoms with Gasteiger partial charge in [0.05, 0.1) is 12.7 Å². The molecule has 2 fully saturated rings. The number of rotatable bonds is 6. The molecule has 0 amide bonds. The van der Waals surface area contributed by atoms with Crippen LogP contribution >= 0.6 is 0 Å². The maximum absolute atomic E-state index is 12.5. The largest absolute Gasteiger partial charge is 0.404 e. The van der Waals surface area contributed by atoms with Crippen molar-refractivity contribution in [2.45, 2.75) is 62.9 Å². The maximum atomic E-state index is 12.5. The Bertz CT molecular complexity index is 1300. The molecule has 36 heavy (non-hydrogen) atoms. The van der Waals surface area contributed by atoms with Gasteiger partial charge in [0, 0.05) is 12.3 Å². The summed E-state index contributed by atoms with van der Waals surface area (Å²) in [5.74, 6) is 0. The Morgan fingerprint density at radius 3 is 2.14 bits per heavy atom. The third-order valence-corrected chi connectivity index (χ3v) is 12.5. The van der Waals surface area contributed by atoms with Crippen LogP contribution in [0.25, 0.3) is 0 Å². The van der Waals surface area contributed by atoms with E-state index in [-0.39, 0.29) is 11.6 Å². The van der Waals surface area contributed by atoms with Crippen molar-refractivity contribution in [1.82, 2.24) is 9.55 Å². The number of aliphatic hydroxyl groups is 1. The monoisotopic (exact) mass is 508 g/mol. The second-order valence-electron chi connectivity index (χ2n) is 10.6. The Hall–Kier alpha value is -2.82. The predicted molar refractivity (Wildman–Crippen MR) is 138 cm³/mol. The van der Waals surface area contributed by atoms with Crippen LogP contribution in [0.5, 0.6) is 0 Å². The number of nitrogens with zero attached hydrogens (tertiary/aromatic N) is 1. The van der Waals surface area contributed by atoms with E-state index in [1.165, 1.54) is 16.8 Å². The highest BCUT2D eigenvalue weighted by Crippen LogP contribution is 2.49. The van der Waals surface area contributed by atoms with Crippen LogP contribution in [-0.2, 0) is 13.9 Å². The maximum Gasteiger partial charge on any atom is 0.330 e. The fourth-order valence-electron chi connectivity index (χ4n) is 5.69. The summed E-state index contributed by atoms with van der Waals surface area (Å²) in [6.45, 7) is 8.48. The van der Waals surface area contributed by atoms with Gasteiger partial charge in [-0.25, -0.2) is 4.79 Å². The van der Waals surface area contributed by atoms with E-state index < -0.39 is 49.7 Å². The molecule has 3 heterocycles. The molecule has 190 valence electrons. The Labute approximate surface area is 210 Å². The van der Waals surface area contributed by atoms with E-state index in [1.807, 2.05) is 43.3 Å². The number of fused-ring (bicyclic) bond motifs is 2. The predicted octanol–water partition coefficient (Wildman–Crippen LogP) is 1.53. The van der Waals surface area contributed by atoms with Gasteiger partial charge in [-0.2, -0.15) is 0 Å². The van der Waals surface area contributed by atoms with Crippen molar-refractivity contribution in [2.24, 2.45) is 0 Å². The van der Waals surface area contributed by atoms with Gasteiger partial charge in [-0.3, -0.25) is 14.3 Å². The average molecular weight is 509 g/mol. The summed E-state index contributed by atoms with van der Waals surface area (Å²) < 4.78 is 20.9. The van der Waals surface area contributed by atoms with Crippen LogP contribution in [0, 0.1) is 0 Å². The molecule has 9 heteroatoms. The first-order valence-electron chi connectivity index (χ1n) is 12.2. The molecule has 0 saturated carbocycles. The third-order valence-electron chi connectivity index (χ3n) is 7.54. The van der Waals surface area contributed by atoms with Gasteiger partial charge in [0.25, 0.3) is 13.9 Å². The van der Waals surface area contributed by atoms with E-state index in [0.717, 1.165) is 10.4 Å². The number of hydrogen-bond acceptors (Lipinski definition) is 6. The van der Waals surface area contributed by atoms with E-state index in [4.69, 9.17) is 13.9 Å². The van der Waals surface area contributed by atoms with Crippen LogP contribution in [0.3, 0.4) is 0 Å². The molecule has 2 bridgehead atoms. The Morgan fingerprint density at radius 2 is 1.61 bits per heavy atom. The Balaban J connectivity index is 1.56. The second kappa shape index (κ2) is 8.93. The summed E-state index contributed by atoms with van der Waals surface area (Å²) in [5.41, 5.74) is -2.30. The first-order valence-corrected chi connectivity index (χ1v) is 14.1. The van der Waals surface area contributed by atoms with Crippen LogP contribution in [-0.4, -0.2) is 53.5 Å². The zero-order chi connectivity index (χ0) is 25.7. The quantitative estimate of drug-likeness (QED) is 0.490. The molecular formula is C27H32N2O6Si. The Morgan fingerprint density at radius 1 is 1.03 bits per heavy atom. The Kier molecular flexibility index (Phi) is 6.17. The van der Waals surface area contributed by atoms with E-state index >= 15 is 0 Å². The summed E-state index contributed by atoms with van der Waals surface area (Å²) in [7, 11) is -2.90. The second-order valence-corrected chi connectivity index (χ2v) is 14.9. The molecule has 0 aliphatic carbocycles. The number of hydrogen-bond donors (Lipinski definition) is 2. The van der Waals surface area contributed by atoms with Crippen molar-refractivity contribution in [3.05, 3.63) is 93.8 Å². The molecule has 0 unspecified atom stereocenters. The first-order chi connectivity index (χ1) is 17.1. The molecule has 8 nitrogen and oxygen atoms in total. The molecule has 5 rings (SSSR count). The summed E-state index contributed by atoms with van der Waals surface area (Å²) >= 11 is 0. The number of ether oxygens (including phenoxy) is 2. The molecule has 2 N–H and O–H groups in total. The van der Waals surface area contributed by atoms with Gasteiger partial charge in [-0.15, -0.1) is 0 Å². The van der Waals surface area contributed by atoms with Crippen molar-refractivity contribution in [3.63, 3.8) is 0 Å². The minimum absolute atomic E-state index is 0.0771. The molecule has 0 radical (unpaired) electrons. The van der Waals surface area contributed by atoms with Gasteiger partial charge >= 0.3 is 5.69 Å². The van der Waals surface area contributed by atoms with Crippen LogP contribution in [0.1, 0.15) is 33.9 Å². The van der Waals surface area contributed by atoms with Crippen molar-refractivity contribution in [2.75, 3.05) is 6.61 Å². The van der Waals surface area contributed by atoms with Crippen molar-refractivity contribution in [1.29, 1.82) is 0 Å². The number of aliphatic hydroxyl groups excluding tert-OH is 1. The first kappa shape index (κ1) is 24.9. The van der Waals surface area contributed by atoms with Crippen LogP contribution in [0.2, 0.25) is 5.04 Å². The third kappa shape index (κ3) is 3.74. The highest BCUT2D eigenvalue weighted by Gasteiger charge is 2.67. The van der Waals surface area contributed by atoms with Crippen LogP contribution < -0.4 is 21.6 Å². The zero-order valence-electron chi connectivity index (χ0n) is 20.9. The average Bonchev–Trinajstić information content (AvgIpc) is 3.25. The number of nitrogens with one attached hydrogen (secondary N) is 1. The molecule has 2 aliphatic rings. The minimum Gasteiger partial charge on any atom is -0.404 e. The summed E-state index contributed by atoms with van der Waals surface area (Å²) in [4.78, 5) is 26.3. The van der Waals surface area contributed by atoms with Gasteiger partial charge < -0.3 is 19.0 Å². The van der Waals surface area contributed by atoms with Gasteiger partial charge in [0.2, 0.25) is 0 Å². The van der Waals surface area contributed by atoms with E-state index in [9.17, 15) is 14.7 Å². The summed E-state index contributed by atoms with van der Waals surface area (Å²) in [6, 6.07) is 21.7. The molecule has 5 atom stereocenters. The number of aromatic nitrogens is 2. The zero-order valence-corrected chi connectivity index (χ0v) is 21.9. The molecule has 2 aromatic carbocycles. The van der Waals surface area contributed by atoms with Gasteiger partial charge in [-0.05, 0) is 22.3 Å². The van der Waals surface area contributed by atoms with E-state index in [2.05, 4.69) is 50.0 Å². The lowest BCUT2D eigenvalue weighted by Gasteiger charge is -2.45. The molecule has 3 aromatic rings. The lowest BCUT2D eigenvalue weighted by Crippen LogP contribution is -2.68. The van der Waals surface area contributed by atoms with Crippen molar-refractivity contribution < 1.29 is 19.0 Å². The highest BCUT2D eigenvalue weighted by molar-refractivity contribution is 6.99. The highest BCUT2D eigenvalue weighted by atomic mass is 28.4. The molecule has 0 spiro atoms. The van der Waals surface area contributed by atoms with Gasteiger partial charge in [0.15, 0.2) is 6.23 Å². The van der Waals surface area contributed by atoms with E-state index in [0.29, 0.717) is 0 Å². The number of H-pyrrole nitrogens is 1. The van der Waals surface area contributed by atoms with Crippen LogP contribution in [0.15, 0.2) is 82.5 Å². The van der Waals surface area contributed by atoms with Crippen molar-refractivity contribution >= 4 is 18.7 Å². The molecular weight excluding hydrogens is 476 g/mol. The van der Waals surface area contributed by atoms with Crippen LogP contribution in [0.4, 0.5) is 0 Å². The van der Waals surface area contributed by atoms with E-state index in [1.54, 1.807) is 0 Å².